The number of nitrogens with one attached hydrogen (secondary N) is 1. The van der Waals surface area contributed by atoms with Crippen molar-refractivity contribution in [2.75, 3.05) is 33.4 Å². The summed E-state index contributed by atoms with van der Waals surface area (Å²) in [5.41, 5.74) is -1.17. The lowest BCUT2D eigenvalue weighted by molar-refractivity contribution is -0.148. The molecule has 1 fully saturated rings. The maximum atomic E-state index is 12.1. The summed E-state index contributed by atoms with van der Waals surface area (Å²) in [5.74, 6) is -1.57. The molecule has 1 aliphatic heterocycles. The van der Waals surface area contributed by atoms with E-state index in [-0.39, 0.29) is 19.8 Å². The number of carbonyl (C=O) groups excluding carboxylic acids is 2. The third-order valence-corrected chi connectivity index (χ3v) is 3.46. The minimum Gasteiger partial charge on any atom is -0.481 e. The number of rotatable bonds is 5. The maximum Gasteiger partial charge on any atom is 0.325 e. The Kier molecular flexibility index (Phi) is 5.32. The number of methoxy groups -OCH3 is 1. The van der Waals surface area contributed by atoms with Gasteiger partial charge in [-0.3, -0.25) is 9.59 Å². The van der Waals surface area contributed by atoms with Crippen LogP contribution in [-0.4, -0.2) is 67.4 Å². The number of hydrogen-bond donors (Lipinski definition) is 2. The highest BCUT2D eigenvalue weighted by Gasteiger charge is 2.47. The summed E-state index contributed by atoms with van der Waals surface area (Å²) in [5, 5.41) is 11.8. The topological polar surface area (TPSA) is 105 Å². The van der Waals surface area contributed by atoms with Crippen LogP contribution in [0.15, 0.2) is 0 Å². The SMILES string of the molecule is CCN(CC(=O)OC)C(=O)NC1COCC1(C)C(=O)O. The van der Waals surface area contributed by atoms with E-state index in [1.165, 1.54) is 18.9 Å². The first-order chi connectivity index (χ1) is 9.35. The van der Waals surface area contributed by atoms with Crippen LogP contribution >= 0.6 is 0 Å². The molecule has 0 aliphatic carbocycles. The van der Waals surface area contributed by atoms with Crippen LogP contribution in [0.2, 0.25) is 0 Å². The fraction of sp³-hybridized carbons (Fsp3) is 0.750. The molecule has 0 bridgehead atoms. The summed E-state index contributed by atoms with van der Waals surface area (Å²) in [6.07, 6.45) is 0. The van der Waals surface area contributed by atoms with Gasteiger partial charge < -0.3 is 24.8 Å². The van der Waals surface area contributed by atoms with Crippen molar-refractivity contribution in [2.45, 2.75) is 19.9 Å². The van der Waals surface area contributed by atoms with E-state index in [4.69, 9.17) is 4.74 Å². The fourth-order valence-electron chi connectivity index (χ4n) is 1.87. The fourth-order valence-corrected chi connectivity index (χ4v) is 1.87. The summed E-state index contributed by atoms with van der Waals surface area (Å²) in [6, 6.07) is -1.15. The predicted molar refractivity (Wildman–Crippen MR) is 68.1 cm³/mol. The molecule has 1 saturated heterocycles. The van der Waals surface area contributed by atoms with Crippen molar-refractivity contribution in [3.8, 4) is 0 Å². The van der Waals surface area contributed by atoms with Crippen LogP contribution in [0, 0.1) is 5.41 Å². The van der Waals surface area contributed by atoms with Crippen molar-refractivity contribution >= 4 is 18.0 Å². The number of carboxylic acids is 1. The van der Waals surface area contributed by atoms with Crippen molar-refractivity contribution in [3.05, 3.63) is 0 Å². The van der Waals surface area contributed by atoms with E-state index in [9.17, 15) is 19.5 Å². The first-order valence-corrected chi connectivity index (χ1v) is 6.28. The number of likely N-dealkylation sites (N-methyl/N-ethyl adjacent to an activating group) is 1. The summed E-state index contributed by atoms with van der Waals surface area (Å²) in [7, 11) is 1.24. The van der Waals surface area contributed by atoms with Gasteiger partial charge in [0.15, 0.2) is 0 Å². The smallest absolute Gasteiger partial charge is 0.325 e. The number of carboxylic acid groups (broad SMARTS) is 1. The molecule has 1 rings (SSSR count). The van der Waals surface area contributed by atoms with E-state index in [0.29, 0.717) is 6.54 Å². The van der Waals surface area contributed by atoms with Gasteiger partial charge in [-0.05, 0) is 13.8 Å². The first-order valence-electron chi connectivity index (χ1n) is 6.28. The summed E-state index contributed by atoms with van der Waals surface area (Å²) < 4.78 is 9.65. The average Bonchev–Trinajstić information content (AvgIpc) is 2.78. The zero-order valence-electron chi connectivity index (χ0n) is 11.8. The Hall–Kier alpha value is -1.83. The van der Waals surface area contributed by atoms with Crippen molar-refractivity contribution in [1.82, 2.24) is 10.2 Å². The van der Waals surface area contributed by atoms with E-state index < -0.39 is 29.4 Å². The molecule has 8 nitrogen and oxygen atoms in total. The number of esters is 1. The van der Waals surface area contributed by atoms with E-state index in [0.717, 1.165) is 0 Å². The Labute approximate surface area is 117 Å². The molecule has 8 heteroatoms. The normalized spacial score (nSPS) is 25.1. The van der Waals surface area contributed by atoms with Crippen LogP contribution in [0.3, 0.4) is 0 Å². The second-order valence-electron chi connectivity index (χ2n) is 4.83. The predicted octanol–water partition coefficient (Wildman–Crippen LogP) is -0.319. The van der Waals surface area contributed by atoms with Crippen molar-refractivity contribution in [3.63, 3.8) is 0 Å². The standard InChI is InChI=1S/C12H20N2O6/c1-4-14(5-9(15)19-3)11(18)13-8-6-20-7-12(8,2)10(16)17/h8H,4-7H2,1-3H3,(H,13,18)(H,16,17). The number of aliphatic carboxylic acids is 1. The van der Waals surface area contributed by atoms with Gasteiger partial charge in [-0.15, -0.1) is 0 Å². The van der Waals surface area contributed by atoms with E-state index in [2.05, 4.69) is 10.1 Å². The van der Waals surface area contributed by atoms with Crippen LogP contribution < -0.4 is 5.32 Å². The summed E-state index contributed by atoms with van der Waals surface area (Å²) >= 11 is 0. The van der Waals surface area contributed by atoms with Crippen LogP contribution in [0.5, 0.6) is 0 Å². The maximum absolute atomic E-state index is 12.1. The molecule has 0 spiro atoms. The molecular formula is C12H20N2O6. The lowest BCUT2D eigenvalue weighted by Gasteiger charge is -2.28. The first kappa shape index (κ1) is 16.2. The molecular weight excluding hydrogens is 268 g/mol. The largest absolute Gasteiger partial charge is 0.481 e. The quantitative estimate of drug-likeness (QED) is 0.672. The third kappa shape index (κ3) is 3.38. The molecule has 1 heterocycles. The zero-order chi connectivity index (χ0) is 15.3. The van der Waals surface area contributed by atoms with Gasteiger partial charge in [-0.2, -0.15) is 0 Å². The highest BCUT2D eigenvalue weighted by molar-refractivity contribution is 5.82. The third-order valence-electron chi connectivity index (χ3n) is 3.46. The van der Waals surface area contributed by atoms with Gasteiger partial charge in [0.05, 0.1) is 26.4 Å². The Morgan fingerprint density at radius 2 is 2.15 bits per heavy atom. The molecule has 0 radical (unpaired) electrons. The minimum atomic E-state index is -1.17. The Morgan fingerprint density at radius 1 is 1.50 bits per heavy atom. The van der Waals surface area contributed by atoms with Crippen molar-refractivity contribution in [1.29, 1.82) is 0 Å². The van der Waals surface area contributed by atoms with Gasteiger partial charge in [-0.25, -0.2) is 4.79 Å². The van der Waals surface area contributed by atoms with Gasteiger partial charge in [0.25, 0.3) is 0 Å². The number of urea groups is 1. The number of ether oxygens (including phenoxy) is 2. The number of nitrogens with zero attached hydrogens (tertiary/aromatic N) is 1. The molecule has 2 N–H and O–H groups in total. The molecule has 0 saturated carbocycles. The Morgan fingerprint density at radius 3 is 2.65 bits per heavy atom. The average molecular weight is 288 g/mol. The Bertz CT molecular complexity index is 399. The zero-order valence-corrected chi connectivity index (χ0v) is 11.8. The molecule has 20 heavy (non-hydrogen) atoms. The summed E-state index contributed by atoms with van der Waals surface area (Å²) in [4.78, 5) is 35.7. The lowest BCUT2D eigenvalue weighted by Crippen LogP contribution is -2.54. The van der Waals surface area contributed by atoms with Gasteiger partial charge >= 0.3 is 18.0 Å². The summed E-state index contributed by atoms with van der Waals surface area (Å²) in [6.45, 7) is 3.52. The van der Waals surface area contributed by atoms with Crippen molar-refractivity contribution < 1.29 is 29.0 Å². The van der Waals surface area contributed by atoms with Gasteiger partial charge in [0.1, 0.15) is 12.0 Å². The second kappa shape index (κ2) is 6.56. The van der Waals surface area contributed by atoms with E-state index in [1.54, 1.807) is 6.92 Å². The highest BCUT2D eigenvalue weighted by Crippen LogP contribution is 2.28. The lowest BCUT2D eigenvalue weighted by atomic mass is 9.85. The van der Waals surface area contributed by atoms with Crippen LogP contribution in [-0.2, 0) is 19.1 Å². The van der Waals surface area contributed by atoms with Crippen molar-refractivity contribution in [2.24, 2.45) is 5.41 Å². The van der Waals surface area contributed by atoms with Gasteiger partial charge in [0.2, 0.25) is 0 Å². The highest BCUT2D eigenvalue weighted by atomic mass is 16.5. The van der Waals surface area contributed by atoms with E-state index >= 15 is 0 Å². The minimum absolute atomic E-state index is 0.0381. The monoisotopic (exact) mass is 288 g/mol. The molecule has 1 aliphatic rings. The number of carbonyl (C=O) groups is 3. The molecule has 0 aromatic carbocycles. The molecule has 2 unspecified atom stereocenters. The molecule has 0 aromatic rings. The molecule has 114 valence electrons. The van der Waals surface area contributed by atoms with Crippen LogP contribution in [0.25, 0.3) is 0 Å². The van der Waals surface area contributed by atoms with Crippen LogP contribution in [0.1, 0.15) is 13.8 Å². The van der Waals surface area contributed by atoms with Gasteiger partial charge in [0, 0.05) is 6.54 Å². The molecule has 2 amide bonds. The van der Waals surface area contributed by atoms with Crippen LogP contribution in [0.4, 0.5) is 4.79 Å². The number of amides is 2. The van der Waals surface area contributed by atoms with E-state index in [1.807, 2.05) is 0 Å². The number of hydrogen-bond acceptors (Lipinski definition) is 5. The van der Waals surface area contributed by atoms with Gasteiger partial charge in [-0.1, -0.05) is 0 Å². The molecule has 0 aromatic heterocycles. The molecule has 2 atom stereocenters. The second-order valence-corrected chi connectivity index (χ2v) is 4.83. The Balaban J connectivity index is 2.68.